The SMILES string of the molecule is CCC(=O)NCc1sccc1C=CC(=O)O. The largest absolute Gasteiger partial charge is 0.478 e. The van der Waals surface area contributed by atoms with Crippen LogP contribution in [0.25, 0.3) is 6.08 Å². The van der Waals surface area contributed by atoms with Crippen molar-refractivity contribution < 1.29 is 14.7 Å². The Balaban J connectivity index is 2.63. The molecule has 0 fully saturated rings. The van der Waals surface area contributed by atoms with Gasteiger partial charge in [0.2, 0.25) is 5.91 Å². The number of carboxylic acid groups (broad SMARTS) is 1. The highest BCUT2D eigenvalue weighted by Gasteiger charge is 2.03. The molecule has 16 heavy (non-hydrogen) atoms. The van der Waals surface area contributed by atoms with E-state index >= 15 is 0 Å². The molecule has 0 saturated carbocycles. The number of amides is 1. The zero-order chi connectivity index (χ0) is 12.0. The molecule has 0 atom stereocenters. The van der Waals surface area contributed by atoms with E-state index in [4.69, 9.17) is 5.11 Å². The molecule has 0 aliphatic heterocycles. The maximum Gasteiger partial charge on any atom is 0.328 e. The van der Waals surface area contributed by atoms with E-state index in [9.17, 15) is 9.59 Å². The lowest BCUT2D eigenvalue weighted by Gasteiger charge is -2.02. The van der Waals surface area contributed by atoms with Gasteiger partial charge in [0.15, 0.2) is 0 Å². The second kappa shape index (κ2) is 6.07. The summed E-state index contributed by atoms with van der Waals surface area (Å²) < 4.78 is 0. The van der Waals surface area contributed by atoms with Gasteiger partial charge in [-0.05, 0) is 23.1 Å². The van der Waals surface area contributed by atoms with Gasteiger partial charge in [-0.25, -0.2) is 4.79 Å². The third kappa shape index (κ3) is 3.86. The Hall–Kier alpha value is -1.62. The average Bonchev–Trinajstić information content (AvgIpc) is 2.70. The quantitative estimate of drug-likeness (QED) is 0.771. The van der Waals surface area contributed by atoms with Crippen molar-refractivity contribution in [3.63, 3.8) is 0 Å². The van der Waals surface area contributed by atoms with Gasteiger partial charge in [-0.15, -0.1) is 11.3 Å². The van der Waals surface area contributed by atoms with Crippen LogP contribution in [-0.2, 0) is 16.1 Å². The molecule has 0 aliphatic rings. The van der Waals surface area contributed by atoms with Crippen molar-refractivity contribution in [2.75, 3.05) is 0 Å². The molecule has 0 aromatic carbocycles. The first kappa shape index (κ1) is 12.4. The smallest absolute Gasteiger partial charge is 0.328 e. The maximum atomic E-state index is 11.1. The first-order valence-electron chi connectivity index (χ1n) is 4.87. The topological polar surface area (TPSA) is 66.4 Å². The molecule has 86 valence electrons. The molecule has 1 aromatic heterocycles. The number of aliphatic carboxylic acids is 1. The number of carbonyl (C=O) groups excluding carboxylic acids is 1. The standard InChI is InChI=1S/C11H13NO3S/c1-2-10(13)12-7-9-8(5-6-16-9)3-4-11(14)15/h3-6H,2,7H2,1H3,(H,12,13)(H,14,15). The van der Waals surface area contributed by atoms with E-state index in [1.807, 2.05) is 11.4 Å². The van der Waals surface area contributed by atoms with E-state index in [1.165, 1.54) is 17.4 Å². The predicted molar refractivity (Wildman–Crippen MR) is 63.1 cm³/mol. The highest BCUT2D eigenvalue weighted by Crippen LogP contribution is 2.18. The number of nitrogens with one attached hydrogen (secondary N) is 1. The summed E-state index contributed by atoms with van der Waals surface area (Å²) in [4.78, 5) is 22.4. The number of carbonyl (C=O) groups is 2. The van der Waals surface area contributed by atoms with Gasteiger partial charge < -0.3 is 10.4 Å². The van der Waals surface area contributed by atoms with E-state index in [2.05, 4.69) is 5.32 Å². The Morgan fingerprint density at radius 1 is 1.56 bits per heavy atom. The molecule has 0 unspecified atom stereocenters. The lowest BCUT2D eigenvalue weighted by Crippen LogP contribution is -2.21. The van der Waals surface area contributed by atoms with Crippen molar-refractivity contribution in [3.05, 3.63) is 28.0 Å². The number of rotatable bonds is 5. The molecule has 1 aromatic rings. The molecule has 2 N–H and O–H groups in total. The summed E-state index contributed by atoms with van der Waals surface area (Å²) in [5, 5.41) is 13.1. The summed E-state index contributed by atoms with van der Waals surface area (Å²) >= 11 is 1.49. The molecule has 0 radical (unpaired) electrons. The third-order valence-electron chi connectivity index (χ3n) is 1.95. The van der Waals surface area contributed by atoms with Gasteiger partial charge in [0.25, 0.3) is 0 Å². The van der Waals surface area contributed by atoms with E-state index in [0.29, 0.717) is 13.0 Å². The summed E-state index contributed by atoms with van der Waals surface area (Å²) in [6, 6.07) is 1.83. The van der Waals surface area contributed by atoms with Gasteiger partial charge in [0, 0.05) is 17.4 Å². The summed E-state index contributed by atoms with van der Waals surface area (Å²) in [7, 11) is 0. The van der Waals surface area contributed by atoms with Crippen LogP contribution in [0.2, 0.25) is 0 Å². The number of hydrogen-bond donors (Lipinski definition) is 2. The van der Waals surface area contributed by atoms with Gasteiger partial charge >= 0.3 is 5.97 Å². The molecule has 0 bridgehead atoms. The van der Waals surface area contributed by atoms with Crippen LogP contribution in [0.5, 0.6) is 0 Å². The zero-order valence-electron chi connectivity index (χ0n) is 8.90. The van der Waals surface area contributed by atoms with E-state index in [0.717, 1.165) is 16.5 Å². The van der Waals surface area contributed by atoms with Gasteiger partial charge in [-0.3, -0.25) is 4.79 Å². The van der Waals surface area contributed by atoms with Crippen molar-refractivity contribution in [2.45, 2.75) is 19.9 Å². The highest BCUT2D eigenvalue weighted by molar-refractivity contribution is 7.10. The Kier molecular flexibility index (Phi) is 4.72. The molecule has 1 rings (SSSR count). The lowest BCUT2D eigenvalue weighted by atomic mass is 10.2. The Morgan fingerprint density at radius 2 is 2.31 bits per heavy atom. The van der Waals surface area contributed by atoms with Crippen molar-refractivity contribution in [3.8, 4) is 0 Å². The monoisotopic (exact) mass is 239 g/mol. The molecule has 4 nitrogen and oxygen atoms in total. The first-order chi connectivity index (χ1) is 7.63. The fourth-order valence-electron chi connectivity index (χ4n) is 1.11. The van der Waals surface area contributed by atoms with Crippen LogP contribution in [0.15, 0.2) is 17.5 Å². The van der Waals surface area contributed by atoms with Crippen molar-refractivity contribution >= 4 is 29.3 Å². The number of carboxylic acids is 1. The van der Waals surface area contributed by atoms with Crippen molar-refractivity contribution in [1.29, 1.82) is 0 Å². The fraction of sp³-hybridized carbons (Fsp3) is 0.273. The van der Waals surface area contributed by atoms with E-state index < -0.39 is 5.97 Å². The molecule has 0 aliphatic carbocycles. The fourth-order valence-corrected chi connectivity index (χ4v) is 1.91. The minimum atomic E-state index is -0.977. The molecule has 0 spiro atoms. The summed E-state index contributed by atoms with van der Waals surface area (Å²) in [5.74, 6) is -0.990. The second-order valence-corrected chi connectivity index (χ2v) is 4.10. The molecular weight excluding hydrogens is 226 g/mol. The van der Waals surface area contributed by atoms with Crippen LogP contribution < -0.4 is 5.32 Å². The minimum absolute atomic E-state index is 0.0124. The number of thiophene rings is 1. The van der Waals surface area contributed by atoms with Gasteiger partial charge in [-0.2, -0.15) is 0 Å². The predicted octanol–water partition coefficient (Wildman–Crippen LogP) is 1.87. The van der Waals surface area contributed by atoms with Gasteiger partial charge in [-0.1, -0.05) is 6.92 Å². The molecule has 5 heteroatoms. The molecule has 1 amide bonds. The van der Waals surface area contributed by atoms with Gasteiger partial charge in [0.05, 0.1) is 6.54 Å². The Morgan fingerprint density at radius 3 is 2.94 bits per heavy atom. The molecule has 1 heterocycles. The summed E-state index contributed by atoms with van der Waals surface area (Å²) in [5.41, 5.74) is 0.837. The first-order valence-corrected chi connectivity index (χ1v) is 5.75. The minimum Gasteiger partial charge on any atom is -0.478 e. The third-order valence-corrected chi connectivity index (χ3v) is 2.89. The lowest BCUT2D eigenvalue weighted by molar-refractivity contribution is -0.131. The van der Waals surface area contributed by atoms with Crippen LogP contribution in [0.3, 0.4) is 0 Å². The highest BCUT2D eigenvalue weighted by atomic mass is 32.1. The zero-order valence-corrected chi connectivity index (χ0v) is 9.71. The van der Waals surface area contributed by atoms with E-state index in [1.54, 1.807) is 6.92 Å². The Bertz CT molecular complexity index is 409. The molecule has 0 saturated heterocycles. The summed E-state index contributed by atoms with van der Waals surface area (Å²) in [6.07, 6.45) is 3.07. The van der Waals surface area contributed by atoms with Crippen molar-refractivity contribution in [2.24, 2.45) is 0 Å². The number of hydrogen-bond acceptors (Lipinski definition) is 3. The second-order valence-electron chi connectivity index (χ2n) is 3.10. The van der Waals surface area contributed by atoms with Gasteiger partial charge in [0.1, 0.15) is 0 Å². The van der Waals surface area contributed by atoms with Crippen LogP contribution in [0.1, 0.15) is 23.8 Å². The van der Waals surface area contributed by atoms with Crippen LogP contribution >= 0.6 is 11.3 Å². The van der Waals surface area contributed by atoms with Crippen molar-refractivity contribution in [1.82, 2.24) is 5.32 Å². The van der Waals surface area contributed by atoms with Crippen LogP contribution in [0, 0.1) is 0 Å². The van der Waals surface area contributed by atoms with E-state index in [-0.39, 0.29) is 5.91 Å². The Labute approximate surface area is 97.6 Å². The normalized spacial score (nSPS) is 10.6. The average molecular weight is 239 g/mol. The maximum absolute atomic E-state index is 11.1. The molecular formula is C11H13NO3S. The summed E-state index contributed by atoms with van der Waals surface area (Å²) in [6.45, 7) is 2.23. The van der Waals surface area contributed by atoms with Crippen LogP contribution in [0.4, 0.5) is 0 Å². The van der Waals surface area contributed by atoms with Crippen LogP contribution in [-0.4, -0.2) is 17.0 Å².